The van der Waals surface area contributed by atoms with Crippen LogP contribution in [0.25, 0.3) is 17.0 Å². The predicted molar refractivity (Wildman–Crippen MR) is 171 cm³/mol. The number of nitrogens with zero attached hydrogens (tertiary/aromatic N) is 2. The summed E-state index contributed by atoms with van der Waals surface area (Å²) < 4.78 is 6.63. The number of aryl methyl sites for hydroxylation is 1. The van der Waals surface area contributed by atoms with Gasteiger partial charge in [-0.2, -0.15) is 0 Å². The molecule has 0 saturated carbocycles. The highest BCUT2D eigenvalue weighted by molar-refractivity contribution is 5.80. The van der Waals surface area contributed by atoms with Crippen LogP contribution in [0.15, 0.2) is 84.3 Å². The monoisotopic (exact) mass is 551 g/mol. The lowest BCUT2D eigenvalue weighted by Crippen LogP contribution is -2.21. The quantitative estimate of drug-likeness (QED) is 0.182. The van der Waals surface area contributed by atoms with E-state index >= 15 is 0 Å². The van der Waals surface area contributed by atoms with E-state index in [-0.39, 0.29) is 16.8 Å². The summed E-state index contributed by atoms with van der Waals surface area (Å²) in [6, 6.07) is 22.5. The number of benzene rings is 3. The van der Waals surface area contributed by atoms with Crippen LogP contribution < -0.4 is 21.5 Å². The summed E-state index contributed by atoms with van der Waals surface area (Å²) >= 11 is 0. The van der Waals surface area contributed by atoms with E-state index in [4.69, 9.17) is 9.72 Å². The zero-order valence-electron chi connectivity index (χ0n) is 25.0. The van der Waals surface area contributed by atoms with Crippen LogP contribution in [-0.2, 0) is 23.7 Å². The van der Waals surface area contributed by atoms with Gasteiger partial charge >= 0.3 is 0 Å². The first-order valence-electron chi connectivity index (χ1n) is 13.9. The highest BCUT2D eigenvalue weighted by atomic mass is 16.5. The molecule has 0 radical (unpaired) electrons. The molecule has 1 aromatic heterocycles. The summed E-state index contributed by atoms with van der Waals surface area (Å²) in [4.78, 5) is 17.7. The van der Waals surface area contributed by atoms with Crippen LogP contribution >= 0.6 is 0 Å². The van der Waals surface area contributed by atoms with Gasteiger partial charge in [-0.25, -0.2) is 4.98 Å². The summed E-state index contributed by atoms with van der Waals surface area (Å²) in [5.41, 5.74) is 8.57. The van der Waals surface area contributed by atoms with Crippen LogP contribution in [0, 0.1) is 6.92 Å². The number of anilines is 3. The molecule has 0 aliphatic carbocycles. The second kappa shape index (κ2) is 13.0. The van der Waals surface area contributed by atoms with Crippen LogP contribution in [0.2, 0.25) is 0 Å². The van der Waals surface area contributed by atoms with Crippen LogP contribution in [0.3, 0.4) is 0 Å². The van der Waals surface area contributed by atoms with Gasteiger partial charge in [0.05, 0.1) is 12.3 Å². The molecule has 0 fully saturated rings. The van der Waals surface area contributed by atoms with Gasteiger partial charge in [-0.05, 0) is 52.8 Å². The first-order valence-corrected chi connectivity index (χ1v) is 13.9. The normalized spacial score (nSPS) is 11.4. The molecule has 41 heavy (non-hydrogen) atoms. The maximum absolute atomic E-state index is 13.0. The smallest absolute Gasteiger partial charge is 0.293 e. The third-order valence-corrected chi connectivity index (χ3v) is 7.09. The van der Waals surface area contributed by atoms with E-state index in [1.807, 2.05) is 49.4 Å². The average molecular weight is 552 g/mol. The molecule has 4 aromatic rings. The largest absolute Gasteiger partial charge is 0.383 e. The summed E-state index contributed by atoms with van der Waals surface area (Å²) in [6.45, 7) is 15.2. The Balaban J connectivity index is 1.53. The van der Waals surface area contributed by atoms with Gasteiger partial charge in [-0.3, -0.25) is 4.79 Å². The molecule has 0 bridgehead atoms. The number of hydrogen-bond donors (Lipinski definition) is 3. The summed E-state index contributed by atoms with van der Waals surface area (Å²) in [5, 5.41) is 10.0. The maximum atomic E-state index is 13.0. The van der Waals surface area contributed by atoms with E-state index in [1.54, 1.807) is 24.9 Å². The van der Waals surface area contributed by atoms with Crippen LogP contribution in [0.5, 0.6) is 0 Å². The minimum Gasteiger partial charge on any atom is -0.383 e. The van der Waals surface area contributed by atoms with Crippen molar-refractivity contribution in [2.75, 3.05) is 30.9 Å². The molecule has 0 aliphatic rings. The molecule has 0 atom stereocenters. The lowest BCUT2D eigenvalue weighted by molar-refractivity contribution is 0.199. The number of aromatic nitrogens is 2. The first-order chi connectivity index (χ1) is 19.6. The zero-order valence-corrected chi connectivity index (χ0v) is 25.0. The van der Waals surface area contributed by atoms with E-state index in [1.165, 1.54) is 5.56 Å². The highest BCUT2D eigenvalue weighted by Crippen LogP contribution is 2.30. The molecule has 7 nitrogen and oxygen atoms in total. The maximum Gasteiger partial charge on any atom is 0.293 e. The predicted octanol–water partition coefficient (Wildman–Crippen LogP) is 6.62. The fourth-order valence-electron chi connectivity index (χ4n) is 4.52. The van der Waals surface area contributed by atoms with Gasteiger partial charge in [0.25, 0.3) is 5.56 Å². The number of ether oxygens (including phenoxy) is 1. The van der Waals surface area contributed by atoms with Crippen molar-refractivity contribution in [3.8, 4) is 11.3 Å². The fourth-order valence-corrected chi connectivity index (χ4v) is 4.52. The molecule has 0 aliphatic heterocycles. The zero-order chi connectivity index (χ0) is 29.6. The summed E-state index contributed by atoms with van der Waals surface area (Å²) in [6.07, 6.45) is 1.77. The number of methoxy groups -OCH3 is 1. The fraction of sp³-hybridized carbons (Fsp3) is 0.294. The Kier molecular flexibility index (Phi) is 9.42. The SMILES string of the molecule is C=C(Nc1cccc(-c2cn(C)c(=O)c(Nc3ccc(CNCCOC)cc3)n2)c1C)c1ccc(C(C)(C)C)cc1. The van der Waals surface area contributed by atoms with Gasteiger partial charge in [-0.15, -0.1) is 0 Å². The van der Waals surface area contributed by atoms with E-state index in [0.717, 1.165) is 52.4 Å². The highest BCUT2D eigenvalue weighted by Gasteiger charge is 2.15. The minimum atomic E-state index is -0.196. The van der Waals surface area contributed by atoms with Crippen molar-refractivity contribution in [2.45, 2.75) is 39.7 Å². The van der Waals surface area contributed by atoms with Crippen LogP contribution in [0.1, 0.15) is 43.0 Å². The Hall–Kier alpha value is -4.20. The van der Waals surface area contributed by atoms with Crippen molar-refractivity contribution in [1.82, 2.24) is 14.9 Å². The van der Waals surface area contributed by atoms with E-state index < -0.39 is 0 Å². The van der Waals surface area contributed by atoms with Gasteiger partial charge < -0.3 is 25.3 Å². The Bertz CT molecular complexity index is 1550. The van der Waals surface area contributed by atoms with Crippen molar-refractivity contribution >= 4 is 22.9 Å². The third-order valence-electron chi connectivity index (χ3n) is 7.09. The Morgan fingerprint density at radius 3 is 2.39 bits per heavy atom. The lowest BCUT2D eigenvalue weighted by atomic mass is 9.86. The molecule has 7 heteroatoms. The van der Waals surface area contributed by atoms with Crippen molar-refractivity contribution < 1.29 is 4.74 Å². The van der Waals surface area contributed by atoms with E-state index in [0.29, 0.717) is 12.3 Å². The molecular formula is C34H41N5O2. The molecule has 0 amide bonds. The van der Waals surface area contributed by atoms with Crippen molar-refractivity contribution in [1.29, 1.82) is 0 Å². The third kappa shape index (κ3) is 7.51. The second-order valence-corrected chi connectivity index (χ2v) is 11.3. The number of nitrogens with one attached hydrogen (secondary N) is 3. The van der Waals surface area contributed by atoms with Crippen molar-refractivity contribution in [3.63, 3.8) is 0 Å². The minimum absolute atomic E-state index is 0.0969. The molecule has 0 unspecified atom stereocenters. The molecule has 0 saturated heterocycles. The van der Waals surface area contributed by atoms with Crippen molar-refractivity contribution in [2.24, 2.45) is 7.05 Å². The number of hydrogen-bond acceptors (Lipinski definition) is 6. The number of rotatable bonds is 11. The van der Waals surface area contributed by atoms with Gasteiger partial charge in [0, 0.05) is 56.1 Å². The van der Waals surface area contributed by atoms with Crippen LogP contribution in [0.4, 0.5) is 17.2 Å². The second-order valence-electron chi connectivity index (χ2n) is 11.3. The molecule has 1 heterocycles. The standard InChI is InChI=1S/C34H41N5O2/c1-23-29(9-8-10-30(23)36-24(2)26-13-15-27(16-14-26)34(3,4)5)31-22-39(6)33(40)32(38-31)37-28-17-11-25(12-18-28)21-35-19-20-41-7/h8-18,22,35-36H,2,19-21H2,1,3-7H3,(H,37,38). The van der Waals surface area contributed by atoms with E-state index in [2.05, 4.69) is 67.6 Å². The summed E-state index contributed by atoms with van der Waals surface area (Å²) in [5.74, 6) is 0.275. The van der Waals surface area contributed by atoms with Crippen molar-refractivity contribution in [3.05, 3.63) is 112 Å². The Morgan fingerprint density at radius 2 is 1.73 bits per heavy atom. The Morgan fingerprint density at radius 1 is 1.02 bits per heavy atom. The first kappa shape index (κ1) is 29.8. The van der Waals surface area contributed by atoms with Gasteiger partial charge in [0.15, 0.2) is 5.82 Å². The lowest BCUT2D eigenvalue weighted by Gasteiger charge is -2.20. The average Bonchev–Trinajstić information content (AvgIpc) is 2.95. The molecule has 4 rings (SSSR count). The molecule has 3 aromatic carbocycles. The molecular weight excluding hydrogens is 510 g/mol. The van der Waals surface area contributed by atoms with Gasteiger partial charge in [0.2, 0.25) is 0 Å². The van der Waals surface area contributed by atoms with Gasteiger partial charge in [0.1, 0.15) is 0 Å². The molecule has 214 valence electrons. The summed E-state index contributed by atoms with van der Waals surface area (Å²) in [7, 11) is 3.43. The van der Waals surface area contributed by atoms with E-state index in [9.17, 15) is 4.79 Å². The van der Waals surface area contributed by atoms with Gasteiger partial charge in [-0.1, -0.05) is 75.9 Å². The Labute approximate surface area is 243 Å². The molecule has 0 spiro atoms. The molecule has 3 N–H and O–H groups in total. The van der Waals surface area contributed by atoms with Crippen LogP contribution in [-0.4, -0.2) is 29.8 Å². The topological polar surface area (TPSA) is 80.2 Å².